The van der Waals surface area contributed by atoms with Crippen molar-refractivity contribution in [2.45, 2.75) is 67.6 Å². The Kier molecular flexibility index (Phi) is 10.5. The van der Waals surface area contributed by atoms with Gasteiger partial charge in [0.1, 0.15) is 29.9 Å². The summed E-state index contributed by atoms with van der Waals surface area (Å²) in [6, 6.07) is 14.2. The number of benzene rings is 2. The zero-order chi connectivity index (χ0) is 35.6. The molecule has 3 amide bonds. The van der Waals surface area contributed by atoms with Gasteiger partial charge in [0.2, 0.25) is 17.7 Å². The number of ether oxygens (including phenoxy) is 2. The predicted octanol–water partition coefficient (Wildman–Crippen LogP) is 2.90. The molecule has 2 bridgehead atoms. The highest BCUT2D eigenvalue weighted by molar-refractivity contribution is 9.09. The Hall–Kier alpha value is -4.40. The van der Waals surface area contributed by atoms with Crippen molar-refractivity contribution in [3.05, 3.63) is 85.5 Å². The number of carbonyl (C=O) groups is 4. The summed E-state index contributed by atoms with van der Waals surface area (Å²) in [4.78, 5) is 58.5. The van der Waals surface area contributed by atoms with Crippen molar-refractivity contribution in [1.82, 2.24) is 30.1 Å². The van der Waals surface area contributed by atoms with Gasteiger partial charge in [-0.3, -0.25) is 19.2 Å². The second kappa shape index (κ2) is 14.8. The Bertz CT molecular complexity index is 1770. The Morgan fingerprint density at radius 2 is 1.92 bits per heavy atom. The van der Waals surface area contributed by atoms with Crippen molar-refractivity contribution in [3.63, 3.8) is 0 Å². The number of halogens is 1. The van der Waals surface area contributed by atoms with Crippen molar-refractivity contribution in [2.75, 3.05) is 19.7 Å². The zero-order valence-corrected chi connectivity index (χ0v) is 29.4. The fourth-order valence-electron chi connectivity index (χ4n) is 7.61. The van der Waals surface area contributed by atoms with E-state index in [1.54, 1.807) is 48.0 Å². The average molecular weight is 750 g/mol. The largest absolute Gasteiger partial charge is 0.460 e. The summed E-state index contributed by atoms with van der Waals surface area (Å²) in [5.74, 6) is -3.88. The molecule has 3 aromatic rings. The lowest BCUT2D eigenvalue weighted by Gasteiger charge is -2.39. The van der Waals surface area contributed by atoms with Crippen LogP contribution in [0.3, 0.4) is 0 Å². The number of hydrogen-bond donors (Lipinski definition) is 2. The second-order valence-corrected chi connectivity index (χ2v) is 14.1. The van der Waals surface area contributed by atoms with E-state index in [9.17, 15) is 24.3 Å². The number of esters is 1. The van der Waals surface area contributed by atoms with E-state index in [1.807, 2.05) is 30.3 Å². The highest BCUT2D eigenvalue weighted by Gasteiger charge is 2.77. The molecule has 14 heteroatoms. The smallest absolute Gasteiger partial charge is 0.312 e. The molecule has 2 aromatic carbocycles. The number of alkyl halides is 1. The third-order valence-corrected chi connectivity index (χ3v) is 10.6. The Morgan fingerprint density at radius 1 is 1.18 bits per heavy atom. The number of aliphatic hydroxyl groups is 1. The van der Waals surface area contributed by atoms with Crippen LogP contribution in [0.1, 0.15) is 37.8 Å². The van der Waals surface area contributed by atoms with Gasteiger partial charge in [0.25, 0.3) is 0 Å². The maximum absolute atomic E-state index is 15.0. The van der Waals surface area contributed by atoms with E-state index in [1.165, 1.54) is 9.80 Å². The lowest BCUT2D eigenvalue weighted by atomic mass is 9.70. The number of fused-ring (bicyclic) bond motifs is 2. The zero-order valence-electron chi connectivity index (χ0n) is 27.8. The SMILES string of the molecule is C=CCCC(=O)NC[C@@H](C)OC(=O)[C@@H]1[C@H]2O[C@@]3(CC2Br)[C@H](C(=O)N(CC=C)Cn2nnc4ccccc42)N([C@H](CO)c2ccccc2)C(=O)[C@@H]13. The number of amides is 3. The Morgan fingerprint density at radius 3 is 2.64 bits per heavy atom. The summed E-state index contributed by atoms with van der Waals surface area (Å²) >= 11 is 3.69. The number of hydrogen-bond acceptors (Lipinski definition) is 9. The molecule has 3 fully saturated rings. The minimum atomic E-state index is -1.41. The van der Waals surface area contributed by atoms with Crippen LogP contribution in [0, 0.1) is 11.8 Å². The first-order chi connectivity index (χ1) is 24.1. The van der Waals surface area contributed by atoms with E-state index in [4.69, 9.17) is 9.47 Å². The van der Waals surface area contributed by atoms with Crippen molar-refractivity contribution < 1.29 is 33.8 Å². The van der Waals surface area contributed by atoms with Crippen molar-refractivity contribution in [3.8, 4) is 0 Å². The monoisotopic (exact) mass is 748 g/mol. The van der Waals surface area contributed by atoms with E-state index >= 15 is 0 Å². The molecule has 3 saturated heterocycles. The van der Waals surface area contributed by atoms with Gasteiger partial charge in [-0.15, -0.1) is 18.3 Å². The summed E-state index contributed by atoms with van der Waals surface area (Å²) in [7, 11) is 0. The Labute approximate surface area is 298 Å². The number of nitrogens with zero attached hydrogens (tertiary/aromatic N) is 5. The summed E-state index contributed by atoms with van der Waals surface area (Å²) < 4.78 is 14.1. The van der Waals surface area contributed by atoms with Gasteiger partial charge in [0.05, 0.1) is 42.6 Å². The third kappa shape index (κ3) is 6.35. The van der Waals surface area contributed by atoms with Crippen LogP contribution in [0.25, 0.3) is 11.0 Å². The van der Waals surface area contributed by atoms with Gasteiger partial charge in [-0.05, 0) is 37.5 Å². The van der Waals surface area contributed by atoms with Crippen LogP contribution >= 0.6 is 15.9 Å². The summed E-state index contributed by atoms with van der Waals surface area (Å²) in [6.07, 6.45) is 2.85. The number of para-hydroxylation sites is 1. The number of rotatable bonds is 15. The van der Waals surface area contributed by atoms with Crippen molar-refractivity contribution in [2.24, 2.45) is 11.8 Å². The lowest BCUT2D eigenvalue weighted by Crippen LogP contribution is -2.57. The molecule has 50 heavy (non-hydrogen) atoms. The van der Waals surface area contributed by atoms with Crippen LogP contribution in [-0.2, 0) is 35.3 Å². The van der Waals surface area contributed by atoms with Gasteiger partial charge in [-0.2, -0.15) is 0 Å². The third-order valence-electron chi connectivity index (χ3n) is 9.79. The summed E-state index contributed by atoms with van der Waals surface area (Å²) in [5, 5.41) is 22.1. The van der Waals surface area contributed by atoms with Gasteiger partial charge in [-0.1, -0.05) is 75.8 Å². The first-order valence-electron chi connectivity index (χ1n) is 16.7. The van der Waals surface area contributed by atoms with Gasteiger partial charge >= 0.3 is 5.97 Å². The highest BCUT2D eigenvalue weighted by atomic mass is 79.9. The highest BCUT2D eigenvalue weighted by Crippen LogP contribution is 2.61. The molecule has 1 aromatic heterocycles. The molecule has 1 spiro atoms. The molecule has 264 valence electrons. The van der Waals surface area contributed by atoms with Gasteiger partial charge in [0, 0.05) is 17.8 Å². The van der Waals surface area contributed by atoms with Gasteiger partial charge in [0.15, 0.2) is 0 Å². The van der Waals surface area contributed by atoms with E-state index in [0.29, 0.717) is 17.5 Å². The molecule has 4 heterocycles. The predicted molar refractivity (Wildman–Crippen MR) is 186 cm³/mol. The number of allylic oxidation sites excluding steroid dienone is 1. The molecule has 2 N–H and O–H groups in total. The second-order valence-electron chi connectivity index (χ2n) is 13.0. The molecule has 0 aliphatic carbocycles. The number of carbonyl (C=O) groups excluding carboxylic acids is 4. The summed E-state index contributed by atoms with van der Waals surface area (Å²) in [5.41, 5.74) is 0.589. The van der Waals surface area contributed by atoms with E-state index < -0.39 is 66.1 Å². The number of aliphatic hydroxyl groups excluding tert-OH is 1. The fourth-order valence-corrected chi connectivity index (χ4v) is 8.55. The Balaban J connectivity index is 1.35. The normalized spacial score (nSPS) is 26.3. The van der Waals surface area contributed by atoms with Crippen LogP contribution in [0.15, 0.2) is 79.9 Å². The molecule has 6 rings (SSSR count). The standard InChI is InChI=1S/C36H41BrN6O7/c1-4-6-16-28(45)38-19-22(3)49-35(48)29-30-33(46)43(27(20-44)23-12-8-7-9-13-23)32(36(30)18-24(37)31(29)50-36)34(47)41(17-5-2)21-42-26-15-11-10-14-25(26)39-40-42/h4-5,7-15,22,24,27,29-32,44H,1-2,6,16-21H2,3H3,(H,38,45)/t22-,24?,27-,29+,30-,31+,32+,36-/m1/s1. The molecule has 1 unspecified atom stereocenters. The first kappa shape index (κ1) is 35.4. The maximum Gasteiger partial charge on any atom is 0.312 e. The van der Waals surface area contributed by atoms with Crippen LogP contribution in [0.4, 0.5) is 0 Å². The molecule has 13 nitrogen and oxygen atoms in total. The molecular formula is C36H41BrN6O7. The van der Waals surface area contributed by atoms with Crippen molar-refractivity contribution >= 4 is 50.7 Å². The van der Waals surface area contributed by atoms with Crippen LogP contribution in [0.2, 0.25) is 0 Å². The van der Waals surface area contributed by atoms with E-state index in [-0.39, 0.29) is 43.3 Å². The number of nitrogens with one attached hydrogen (secondary N) is 1. The minimum absolute atomic E-state index is 0.00243. The summed E-state index contributed by atoms with van der Waals surface area (Å²) in [6.45, 7) is 8.88. The molecule has 3 aliphatic heterocycles. The van der Waals surface area contributed by atoms with Crippen LogP contribution in [-0.4, -0.2) is 102 Å². The first-order valence-corrected chi connectivity index (χ1v) is 17.6. The topological polar surface area (TPSA) is 156 Å². The number of aromatic nitrogens is 3. The van der Waals surface area contributed by atoms with Crippen LogP contribution < -0.4 is 5.32 Å². The fraction of sp³-hybridized carbons (Fsp3) is 0.444. The van der Waals surface area contributed by atoms with E-state index in [0.717, 1.165) is 5.52 Å². The molecule has 0 saturated carbocycles. The quantitative estimate of drug-likeness (QED) is 0.136. The number of likely N-dealkylation sites (tertiary alicyclic amines) is 1. The lowest BCUT2D eigenvalue weighted by molar-refractivity contribution is -0.160. The van der Waals surface area contributed by atoms with Crippen LogP contribution in [0.5, 0.6) is 0 Å². The molecular weight excluding hydrogens is 708 g/mol. The molecule has 3 aliphatic rings. The van der Waals surface area contributed by atoms with Gasteiger partial charge < -0.3 is 29.7 Å². The minimum Gasteiger partial charge on any atom is -0.460 e. The van der Waals surface area contributed by atoms with Crippen molar-refractivity contribution in [1.29, 1.82) is 0 Å². The molecule has 0 radical (unpaired) electrons. The van der Waals surface area contributed by atoms with Gasteiger partial charge in [-0.25, -0.2) is 4.68 Å². The van der Waals surface area contributed by atoms with E-state index in [2.05, 4.69) is 44.7 Å². The maximum atomic E-state index is 15.0. The molecule has 8 atom stereocenters. The average Bonchev–Trinajstić information content (AvgIpc) is 3.84.